The largest absolute Gasteiger partial charge is 0.482 e. The summed E-state index contributed by atoms with van der Waals surface area (Å²) < 4.78 is 25.3. The average Bonchev–Trinajstić information content (AvgIpc) is 3.19. The molecule has 0 unspecified atom stereocenters. The number of carbonyl (C=O) groups excluding carboxylic acids is 1. The Labute approximate surface area is 243 Å². The highest BCUT2D eigenvalue weighted by molar-refractivity contribution is 5.70. The maximum Gasteiger partial charge on any atom is 0.307 e. The van der Waals surface area contributed by atoms with Crippen LogP contribution in [-0.4, -0.2) is 78.0 Å². The van der Waals surface area contributed by atoms with Gasteiger partial charge in [0.05, 0.1) is 18.7 Å². The fourth-order valence-electron chi connectivity index (χ4n) is 5.86. The molecule has 1 aromatic carbocycles. The van der Waals surface area contributed by atoms with Gasteiger partial charge in [0.25, 0.3) is 5.79 Å². The van der Waals surface area contributed by atoms with E-state index in [1.807, 2.05) is 5.94 Å². The fourth-order valence-corrected chi connectivity index (χ4v) is 5.86. The molecule has 2 N–H and O–H groups in total. The third-order valence-electron chi connectivity index (χ3n) is 7.84. The van der Waals surface area contributed by atoms with Crippen LogP contribution >= 0.6 is 0 Å². The highest BCUT2D eigenvalue weighted by atomic mass is 16.9. The van der Waals surface area contributed by atoms with Gasteiger partial charge in [0.2, 0.25) is 5.76 Å². The summed E-state index contributed by atoms with van der Waals surface area (Å²) in [7, 11) is 0. The molecule has 228 valence electrons. The van der Waals surface area contributed by atoms with Crippen LogP contribution in [0, 0.1) is 0 Å². The van der Waals surface area contributed by atoms with Crippen molar-refractivity contribution in [3.8, 4) is 0 Å². The van der Waals surface area contributed by atoms with Gasteiger partial charge in [-0.25, -0.2) is 4.79 Å². The third-order valence-corrected chi connectivity index (χ3v) is 7.84. The molecule has 0 amide bonds. The molecule has 41 heavy (non-hydrogen) atoms. The summed E-state index contributed by atoms with van der Waals surface area (Å²) in [6, 6.07) is 7.01. The van der Waals surface area contributed by atoms with Crippen LogP contribution in [0.2, 0.25) is 0 Å². The SMILES string of the molecule is CCCCCCCOC(=C=O)[C@@]12O[C@@H](CN3CCCCCC3)[C@@H](ONc3ccc(CC(=O)O)cc3)[C@@H]1OC(C)(C)O2. The number of carboxylic acid groups (broad SMARTS) is 1. The van der Waals surface area contributed by atoms with E-state index >= 15 is 0 Å². The molecule has 3 saturated heterocycles. The van der Waals surface area contributed by atoms with Crippen LogP contribution in [0.25, 0.3) is 0 Å². The number of hydrogen-bond acceptors (Lipinski definition) is 9. The fraction of sp³-hybridized carbons (Fsp3) is 0.710. The van der Waals surface area contributed by atoms with E-state index in [1.54, 1.807) is 38.1 Å². The predicted molar refractivity (Wildman–Crippen MR) is 153 cm³/mol. The first-order chi connectivity index (χ1) is 19.8. The summed E-state index contributed by atoms with van der Waals surface area (Å²) in [6.07, 6.45) is 7.95. The standard InChI is InChI=1S/C31H46N2O8/c1-4-5-6-9-12-19-37-26(22-34)31-29(39-30(2,3)41-31)28(25(38-31)21-33-17-10-7-8-11-18-33)40-32-24-15-13-23(14-16-24)20-27(35)36/h13-16,25,28-29,32H,4-12,17-21H2,1-3H3,(H,35,36)/t25-,28+,29-,31-/m0/s1. The first kappa shape index (κ1) is 31.5. The topological polar surface area (TPSA) is 116 Å². The zero-order chi connectivity index (χ0) is 29.3. The number of hydrogen-bond donors (Lipinski definition) is 2. The molecule has 3 heterocycles. The molecule has 0 saturated carbocycles. The van der Waals surface area contributed by atoms with Crippen molar-refractivity contribution in [2.45, 2.75) is 115 Å². The van der Waals surface area contributed by atoms with E-state index in [2.05, 4.69) is 17.3 Å². The number of fused-ring (bicyclic) bond motifs is 1. The van der Waals surface area contributed by atoms with E-state index < -0.39 is 35.9 Å². The Kier molecular flexibility index (Phi) is 11.2. The molecule has 0 bridgehead atoms. The third kappa shape index (κ3) is 8.31. The summed E-state index contributed by atoms with van der Waals surface area (Å²) in [5.41, 5.74) is 4.34. The second-order valence-electron chi connectivity index (χ2n) is 11.7. The van der Waals surface area contributed by atoms with Crippen LogP contribution in [-0.2, 0) is 39.8 Å². The van der Waals surface area contributed by atoms with Crippen molar-refractivity contribution >= 4 is 17.6 Å². The molecule has 3 aliphatic rings. The number of carbonyl (C=O) groups is 1. The molecule has 4 atom stereocenters. The van der Waals surface area contributed by atoms with E-state index in [0.717, 1.165) is 51.6 Å². The van der Waals surface area contributed by atoms with Crippen molar-refractivity contribution in [3.05, 3.63) is 35.6 Å². The number of ether oxygens (including phenoxy) is 4. The second-order valence-corrected chi connectivity index (χ2v) is 11.7. The molecule has 3 aliphatic heterocycles. The van der Waals surface area contributed by atoms with Gasteiger partial charge in [-0.2, -0.15) is 0 Å². The summed E-state index contributed by atoms with van der Waals surface area (Å²) >= 11 is 0. The molecule has 0 radical (unpaired) electrons. The number of anilines is 1. The second kappa shape index (κ2) is 14.6. The quantitative estimate of drug-likeness (QED) is 0.130. The first-order valence-electron chi connectivity index (χ1n) is 15.2. The lowest BCUT2D eigenvalue weighted by Crippen LogP contribution is -2.45. The van der Waals surface area contributed by atoms with E-state index in [9.17, 15) is 9.59 Å². The van der Waals surface area contributed by atoms with Crippen molar-refractivity contribution in [1.29, 1.82) is 0 Å². The Balaban J connectivity index is 1.53. The Morgan fingerprint density at radius 2 is 1.78 bits per heavy atom. The van der Waals surface area contributed by atoms with Crippen LogP contribution in [0.15, 0.2) is 30.0 Å². The molecular weight excluding hydrogens is 528 g/mol. The molecule has 0 spiro atoms. The highest BCUT2D eigenvalue weighted by Gasteiger charge is 2.69. The zero-order valence-corrected chi connectivity index (χ0v) is 24.7. The zero-order valence-electron chi connectivity index (χ0n) is 24.7. The van der Waals surface area contributed by atoms with E-state index in [1.165, 1.54) is 19.3 Å². The van der Waals surface area contributed by atoms with Crippen molar-refractivity contribution in [3.63, 3.8) is 0 Å². The lowest BCUT2D eigenvalue weighted by Gasteiger charge is -2.31. The van der Waals surface area contributed by atoms with Gasteiger partial charge < -0.3 is 29.0 Å². The minimum absolute atomic E-state index is 0.0476. The molecule has 10 heteroatoms. The monoisotopic (exact) mass is 574 g/mol. The number of carboxylic acids is 1. The number of unbranched alkanes of at least 4 members (excludes halogenated alkanes) is 4. The summed E-state index contributed by atoms with van der Waals surface area (Å²) in [5.74, 6) is -1.59. The minimum atomic E-state index is -1.58. The van der Waals surface area contributed by atoms with E-state index in [4.69, 9.17) is 28.9 Å². The molecule has 1 aromatic rings. The molecule has 3 fully saturated rings. The minimum Gasteiger partial charge on any atom is -0.482 e. The van der Waals surface area contributed by atoms with Crippen LogP contribution in [0.1, 0.15) is 84.1 Å². The lowest BCUT2D eigenvalue weighted by molar-refractivity contribution is -0.260. The van der Waals surface area contributed by atoms with Crippen molar-refractivity contribution in [2.75, 3.05) is 31.7 Å². The van der Waals surface area contributed by atoms with Gasteiger partial charge in [0.1, 0.15) is 12.2 Å². The number of aliphatic carboxylic acids is 1. The first-order valence-corrected chi connectivity index (χ1v) is 15.2. The number of benzene rings is 1. The van der Waals surface area contributed by atoms with Gasteiger partial charge in [0, 0.05) is 6.54 Å². The molecule has 0 aromatic heterocycles. The van der Waals surface area contributed by atoms with Gasteiger partial charge in [0.15, 0.2) is 17.8 Å². The maximum absolute atomic E-state index is 12.3. The molecule has 10 nitrogen and oxygen atoms in total. The van der Waals surface area contributed by atoms with Crippen LogP contribution in [0.4, 0.5) is 5.69 Å². The van der Waals surface area contributed by atoms with Crippen LogP contribution in [0.5, 0.6) is 0 Å². The van der Waals surface area contributed by atoms with Crippen molar-refractivity contribution in [2.24, 2.45) is 0 Å². The van der Waals surface area contributed by atoms with Gasteiger partial charge in [-0.1, -0.05) is 57.6 Å². The number of nitrogens with one attached hydrogen (secondary N) is 1. The van der Waals surface area contributed by atoms with Gasteiger partial charge in [-0.05, 0) is 63.9 Å². The summed E-state index contributed by atoms with van der Waals surface area (Å²) in [6.45, 7) is 8.58. The van der Waals surface area contributed by atoms with Crippen LogP contribution < -0.4 is 5.48 Å². The Hall–Kier alpha value is -2.46. The van der Waals surface area contributed by atoms with Crippen molar-refractivity contribution < 1.29 is 38.5 Å². The summed E-state index contributed by atoms with van der Waals surface area (Å²) in [4.78, 5) is 32.0. The number of nitrogens with zero attached hydrogens (tertiary/aromatic N) is 1. The molecular formula is C31H46N2O8. The van der Waals surface area contributed by atoms with Gasteiger partial charge in [-0.3, -0.25) is 15.1 Å². The Morgan fingerprint density at radius 1 is 1.07 bits per heavy atom. The highest BCUT2D eigenvalue weighted by Crippen LogP contribution is 2.50. The Morgan fingerprint density at radius 3 is 2.44 bits per heavy atom. The number of likely N-dealkylation sites (tertiary alicyclic amines) is 1. The summed E-state index contributed by atoms with van der Waals surface area (Å²) in [5, 5.41) is 9.06. The maximum atomic E-state index is 12.3. The Bertz CT molecular complexity index is 1030. The smallest absolute Gasteiger partial charge is 0.307 e. The van der Waals surface area contributed by atoms with Crippen molar-refractivity contribution in [1.82, 2.24) is 4.90 Å². The normalized spacial score (nSPS) is 27.5. The predicted octanol–water partition coefficient (Wildman–Crippen LogP) is 4.85. The molecule has 4 rings (SSSR count). The van der Waals surface area contributed by atoms with Gasteiger partial charge >= 0.3 is 5.97 Å². The van der Waals surface area contributed by atoms with E-state index in [0.29, 0.717) is 24.4 Å². The van der Waals surface area contributed by atoms with E-state index in [-0.39, 0.29) is 12.2 Å². The lowest BCUT2D eigenvalue weighted by atomic mass is 10.0. The molecule has 0 aliphatic carbocycles. The van der Waals surface area contributed by atoms with Gasteiger partial charge in [-0.15, -0.1) is 0 Å². The average molecular weight is 575 g/mol. The van der Waals surface area contributed by atoms with Crippen LogP contribution in [0.3, 0.4) is 0 Å². The number of rotatable bonds is 15.